The van der Waals surface area contributed by atoms with E-state index in [0.717, 1.165) is 16.9 Å². The summed E-state index contributed by atoms with van der Waals surface area (Å²) < 4.78 is 27.2. The van der Waals surface area contributed by atoms with Crippen LogP contribution in [0.3, 0.4) is 0 Å². The third-order valence-corrected chi connectivity index (χ3v) is 5.25. The van der Waals surface area contributed by atoms with Gasteiger partial charge in [-0.15, -0.1) is 11.3 Å². The number of anilines is 1. The smallest absolute Gasteiger partial charge is 0.263 e. The zero-order valence-electron chi connectivity index (χ0n) is 11.8. The molecule has 2 aromatic rings. The number of thiazole rings is 1. The minimum absolute atomic E-state index is 0.229. The van der Waals surface area contributed by atoms with Gasteiger partial charge in [-0.3, -0.25) is 4.72 Å². The summed E-state index contributed by atoms with van der Waals surface area (Å²) in [6, 6.07) is 5.24. The number of sulfonamides is 1. The molecule has 0 aliphatic heterocycles. The van der Waals surface area contributed by atoms with Gasteiger partial charge >= 0.3 is 0 Å². The predicted octanol–water partition coefficient (Wildman–Crippen LogP) is 2.76. The van der Waals surface area contributed by atoms with Crippen LogP contribution in [0.25, 0.3) is 0 Å². The van der Waals surface area contributed by atoms with Crippen LogP contribution in [0.2, 0.25) is 0 Å². The summed E-state index contributed by atoms with van der Waals surface area (Å²) in [5.74, 6) is 0. The van der Waals surface area contributed by atoms with Crippen molar-refractivity contribution in [3.8, 4) is 0 Å². The van der Waals surface area contributed by atoms with Crippen molar-refractivity contribution in [2.75, 3.05) is 4.72 Å². The summed E-state index contributed by atoms with van der Waals surface area (Å²) >= 11 is 1.13. The highest BCUT2D eigenvalue weighted by atomic mass is 32.2. The number of aryl methyl sites for hydroxylation is 2. The van der Waals surface area contributed by atoms with Gasteiger partial charge in [0.05, 0.1) is 4.90 Å². The third-order valence-electron chi connectivity index (χ3n) is 2.88. The second kappa shape index (κ2) is 5.82. The fourth-order valence-electron chi connectivity index (χ4n) is 1.70. The molecule has 0 fully saturated rings. The summed E-state index contributed by atoms with van der Waals surface area (Å²) in [4.78, 5) is 4.31. The van der Waals surface area contributed by atoms with Crippen LogP contribution >= 0.6 is 11.3 Å². The summed E-state index contributed by atoms with van der Waals surface area (Å²) in [5.41, 5.74) is 2.28. The summed E-state index contributed by atoms with van der Waals surface area (Å²) in [6.07, 6.45) is 0. The van der Waals surface area contributed by atoms with Crippen LogP contribution in [0.15, 0.2) is 33.6 Å². The molecule has 0 aliphatic rings. The topological polar surface area (TPSA) is 91.7 Å². The minimum atomic E-state index is -3.69. The second-order valence-electron chi connectivity index (χ2n) is 4.60. The molecule has 0 radical (unpaired) electrons. The largest absolute Gasteiger partial charge is 0.411 e. The van der Waals surface area contributed by atoms with Crippen molar-refractivity contribution >= 4 is 32.2 Å². The van der Waals surface area contributed by atoms with Crippen molar-refractivity contribution in [3.05, 3.63) is 40.4 Å². The van der Waals surface area contributed by atoms with Gasteiger partial charge in [0.2, 0.25) is 0 Å². The number of rotatable bonds is 4. The number of aromatic nitrogens is 1. The first-order valence-corrected chi connectivity index (χ1v) is 8.44. The molecule has 0 amide bonds. The minimum Gasteiger partial charge on any atom is -0.411 e. The Labute approximate surface area is 127 Å². The van der Waals surface area contributed by atoms with E-state index in [9.17, 15) is 8.42 Å². The number of nitrogens with zero attached hydrogens (tertiary/aromatic N) is 2. The Morgan fingerprint density at radius 1 is 1.38 bits per heavy atom. The van der Waals surface area contributed by atoms with Crippen molar-refractivity contribution in [1.29, 1.82) is 0 Å². The number of nitrogens with one attached hydrogen (secondary N) is 1. The molecule has 0 atom stereocenters. The highest BCUT2D eigenvalue weighted by Gasteiger charge is 2.19. The molecule has 0 bridgehead atoms. The van der Waals surface area contributed by atoms with Crippen LogP contribution in [0.1, 0.15) is 23.7 Å². The van der Waals surface area contributed by atoms with E-state index in [1.807, 2.05) is 13.0 Å². The quantitative estimate of drug-likeness (QED) is 0.513. The summed E-state index contributed by atoms with van der Waals surface area (Å²) in [6.45, 7) is 5.16. The van der Waals surface area contributed by atoms with Gasteiger partial charge in [-0.2, -0.15) is 0 Å². The van der Waals surface area contributed by atoms with E-state index in [1.165, 1.54) is 0 Å². The van der Waals surface area contributed by atoms with Crippen molar-refractivity contribution in [2.24, 2.45) is 5.16 Å². The Bertz CT molecular complexity index is 795. The predicted molar refractivity (Wildman–Crippen MR) is 82.8 cm³/mol. The molecule has 0 spiro atoms. The lowest BCUT2D eigenvalue weighted by Gasteiger charge is -2.09. The average molecular weight is 325 g/mol. The first-order valence-electron chi connectivity index (χ1n) is 6.08. The Kier molecular flexibility index (Phi) is 4.29. The lowest BCUT2D eigenvalue weighted by molar-refractivity contribution is 0.319. The molecule has 0 saturated heterocycles. The normalized spacial score (nSPS) is 12.4. The zero-order valence-corrected chi connectivity index (χ0v) is 13.4. The lowest BCUT2D eigenvalue weighted by Crippen LogP contribution is -2.14. The summed E-state index contributed by atoms with van der Waals surface area (Å²) in [5, 5.41) is 13.6. The molecule has 0 unspecified atom stereocenters. The molecule has 2 rings (SSSR count). The molecule has 1 aromatic heterocycles. The van der Waals surface area contributed by atoms with Gasteiger partial charge in [-0.25, -0.2) is 13.4 Å². The van der Waals surface area contributed by atoms with Gasteiger partial charge < -0.3 is 5.21 Å². The fraction of sp³-hybridized carbons (Fsp3) is 0.231. The Morgan fingerprint density at radius 3 is 2.76 bits per heavy atom. The van der Waals surface area contributed by atoms with Gasteiger partial charge in [0.15, 0.2) is 5.13 Å². The number of benzene rings is 1. The van der Waals surface area contributed by atoms with Crippen LogP contribution in [-0.4, -0.2) is 24.3 Å². The lowest BCUT2D eigenvalue weighted by atomic mass is 10.2. The van der Waals surface area contributed by atoms with E-state index in [4.69, 9.17) is 5.21 Å². The van der Waals surface area contributed by atoms with E-state index in [1.54, 1.807) is 31.4 Å². The maximum Gasteiger partial charge on any atom is 0.263 e. The fourth-order valence-corrected chi connectivity index (χ4v) is 4.04. The SMILES string of the molecule is CC(=NO)c1csc(NS(=O)(=O)c2cc(C)ccc2C)n1. The summed E-state index contributed by atoms with van der Waals surface area (Å²) in [7, 11) is -3.69. The third kappa shape index (κ3) is 3.40. The first kappa shape index (κ1) is 15.5. The first-order chi connectivity index (χ1) is 9.83. The van der Waals surface area contributed by atoms with Gasteiger partial charge in [0.1, 0.15) is 11.4 Å². The maximum atomic E-state index is 12.4. The monoisotopic (exact) mass is 325 g/mol. The van der Waals surface area contributed by atoms with Gasteiger partial charge in [-0.05, 0) is 38.0 Å². The van der Waals surface area contributed by atoms with Crippen LogP contribution in [0.4, 0.5) is 5.13 Å². The second-order valence-corrected chi connectivity index (χ2v) is 7.11. The molecule has 8 heteroatoms. The highest BCUT2D eigenvalue weighted by Crippen LogP contribution is 2.23. The molecule has 1 aromatic carbocycles. The van der Waals surface area contributed by atoms with Crippen molar-refractivity contribution in [1.82, 2.24) is 4.98 Å². The molecule has 1 heterocycles. The van der Waals surface area contributed by atoms with Gasteiger partial charge in [0, 0.05) is 5.38 Å². The molecule has 0 aliphatic carbocycles. The van der Waals surface area contributed by atoms with Gasteiger partial charge in [-0.1, -0.05) is 17.3 Å². The Hall–Kier alpha value is -1.93. The molecule has 21 heavy (non-hydrogen) atoms. The maximum absolute atomic E-state index is 12.4. The number of hydrogen-bond donors (Lipinski definition) is 2. The van der Waals surface area contributed by atoms with E-state index >= 15 is 0 Å². The van der Waals surface area contributed by atoms with Crippen molar-refractivity contribution in [2.45, 2.75) is 25.7 Å². The standard InChI is InChI=1S/C13H15N3O3S2/c1-8-4-5-9(2)12(6-8)21(18,19)16-13-14-11(7-20-13)10(3)15-17/h4-7,17H,1-3H3,(H,14,16). The molecular weight excluding hydrogens is 310 g/mol. The van der Waals surface area contributed by atoms with E-state index in [0.29, 0.717) is 17.0 Å². The molecule has 6 nitrogen and oxygen atoms in total. The average Bonchev–Trinajstić information content (AvgIpc) is 2.88. The van der Waals surface area contributed by atoms with Gasteiger partial charge in [0.25, 0.3) is 10.0 Å². The van der Waals surface area contributed by atoms with Crippen LogP contribution in [0, 0.1) is 13.8 Å². The van der Waals surface area contributed by atoms with E-state index < -0.39 is 10.0 Å². The molecule has 0 saturated carbocycles. The Balaban J connectivity index is 2.33. The van der Waals surface area contributed by atoms with E-state index in [-0.39, 0.29) is 10.0 Å². The molecule has 2 N–H and O–H groups in total. The molecule has 112 valence electrons. The Morgan fingerprint density at radius 2 is 2.10 bits per heavy atom. The number of hydrogen-bond acceptors (Lipinski definition) is 6. The van der Waals surface area contributed by atoms with Crippen molar-refractivity contribution in [3.63, 3.8) is 0 Å². The zero-order chi connectivity index (χ0) is 15.6. The molecular formula is C13H15N3O3S2. The van der Waals surface area contributed by atoms with Crippen molar-refractivity contribution < 1.29 is 13.6 Å². The highest BCUT2D eigenvalue weighted by molar-refractivity contribution is 7.93. The van der Waals surface area contributed by atoms with Crippen LogP contribution in [0.5, 0.6) is 0 Å². The number of oxime groups is 1. The van der Waals surface area contributed by atoms with Crippen LogP contribution in [-0.2, 0) is 10.0 Å². The van der Waals surface area contributed by atoms with Crippen LogP contribution < -0.4 is 4.72 Å². The van der Waals surface area contributed by atoms with E-state index in [2.05, 4.69) is 14.9 Å².